The third-order valence-electron chi connectivity index (χ3n) is 2.73. The summed E-state index contributed by atoms with van der Waals surface area (Å²) in [6.07, 6.45) is -1.89. The van der Waals surface area contributed by atoms with Crippen LogP contribution in [0.4, 0.5) is 13.2 Å². The molecule has 0 aliphatic rings. The number of imidazole rings is 1. The van der Waals surface area contributed by atoms with E-state index in [9.17, 15) is 13.2 Å². The Morgan fingerprint density at radius 3 is 2.43 bits per heavy atom. The molecule has 0 atom stereocenters. The van der Waals surface area contributed by atoms with E-state index in [1.54, 1.807) is 18.5 Å². The van der Waals surface area contributed by atoms with Crippen LogP contribution in [0, 0.1) is 0 Å². The summed E-state index contributed by atoms with van der Waals surface area (Å²) >= 11 is 11.9. The van der Waals surface area contributed by atoms with Crippen molar-refractivity contribution in [2.45, 2.75) is 32.0 Å². The molecule has 0 fully saturated rings. The number of hydrogen-bond donors (Lipinski definition) is 0. The third kappa shape index (κ3) is 4.57. The Balaban J connectivity index is 2.13. The van der Waals surface area contributed by atoms with Crippen molar-refractivity contribution in [2.24, 2.45) is 0 Å². The van der Waals surface area contributed by atoms with Crippen molar-refractivity contribution in [3.05, 3.63) is 40.4 Å². The Hall–Kier alpha value is -1.34. The molecule has 0 aliphatic heterocycles. The van der Waals surface area contributed by atoms with E-state index in [0.717, 1.165) is 0 Å². The standard InChI is InChI=1S/C12H11Cl2F3N4/c13-10-11(14)21(7-8-18-5-2-6-19-8)9(20-10)3-1-4-12(15,16)17/h2,5-6H,1,3-4,7H2. The molecule has 0 aliphatic carbocycles. The van der Waals surface area contributed by atoms with Crippen molar-refractivity contribution in [2.75, 3.05) is 0 Å². The van der Waals surface area contributed by atoms with Gasteiger partial charge in [-0.2, -0.15) is 13.2 Å². The van der Waals surface area contributed by atoms with E-state index >= 15 is 0 Å². The molecular formula is C12H11Cl2F3N4. The van der Waals surface area contributed by atoms with Gasteiger partial charge in [-0.05, 0) is 12.5 Å². The van der Waals surface area contributed by atoms with Crippen LogP contribution in [-0.4, -0.2) is 25.7 Å². The van der Waals surface area contributed by atoms with Gasteiger partial charge >= 0.3 is 6.18 Å². The normalized spacial score (nSPS) is 11.9. The van der Waals surface area contributed by atoms with Gasteiger partial charge in [-0.25, -0.2) is 15.0 Å². The summed E-state index contributed by atoms with van der Waals surface area (Å²) in [7, 11) is 0. The van der Waals surface area contributed by atoms with Crippen LogP contribution in [-0.2, 0) is 13.0 Å². The molecule has 0 spiro atoms. The third-order valence-corrected chi connectivity index (χ3v) is 3.47. The maximum Gasteiger partial charge on any atom is 0.389 e. The number of alkyl halides is 3. The predicted octanol–water partition coefficient (Wildman–Crippen LogP) is 3.91. The maximum atomic E-state index is 12.2. The minimum Gasteiger partial charge on any atom is -0.310 e. The molecule has 2 aromatic heterocycles. The van der Waals surface area contributed by atoms with Crippen LogP contribution in [0.1, 0.15) is 24.5 Å². The number of aryl methyl sites for hydroxylation is 1. The highest BCUT2D eigenvalue weighted by Crippen LogP contribution is 2.26. The molecule has 2 heterocycles. The van der Waals surface area contributed by atoms with Crippen molar-refractivity contribution in [1.29, 1.82) is 0 Å². The monoisotopic (exact) mass is 338 g/mol. The van der Waals surface area contributed by atoms with Crippen molar-refractivity contribution in [1.82, 2.24) is 19.5 Å². The van der Waals surface area contributed by atoms with Crippen LogP contribution in [0.2, 0.25) is 10.3 Å². The molecule has 4 nitrogen and oxygen atoms in total. The summed E-state index contributed by atoms with van der Waals surface area (Å²) in [5.41, 5.74) is 0. The highest BCUT2D eigenvalue weighted by Gasteiger charge is 2.26. The molecule has 0 aromatic carbocycles. The number of halogens is 5. The second-order valence-electron chi connectivity index (χ2n) is 4.33. The van der Waals surface area contributed by atoms with Crippen LogP contribution >= 0.6 is 23.2 Å². The predicted molar refractivity (Wildman–Crippen MR) is 72.4 cm³/mol. The quantitative estimate of drug-likeness (QED) is 0.829. The second-order valence-corrected chi connectivity index (χ2v) is 5.05. The Morgan fingerprint density at radius 1 is 1.14 bits per heavy atom. The largest absolute Gasteiger partial charge is 0.389 e. The topological polar surface area (TPSA) is 43.6 Å². The Bertz CT molecular complexity index is 599. The molecule has 114 valence electrons. The first-order valence-electron chi connectivity index (χ1n) is 6.10. The van der Waals surface area contributed by atoms with Crippen molar-refractivity contribution in [3.63, 3.8) is 0 Å². The molecule has 21 heavy (non-hydrogen) atoms. The molecular weight excluding hydrogens is 328 g/mol. The van der Waals surface area contributed by atoms with Gasteiger partial charge < -0.3 is 4.57 Å². The average molecular weight is 339 g/mol. The summed E-state index contributed by atoms with van der Waals surface area (Å²) in [5.74, 6) is 0.868. The molecule has 2 rings (SSSR count). The van der Waals surface area contributed by atoms with Gasteiger partial charge in [0.05, 0.1) is 6.54 Å². The van der Waals surface area contributed by atoms with Gasteiger partial charge in [-0.1, -0.05) is 23.2 Å². The molecule has 0 amide bonds. The summed E-state index contributed by atoms with van der Waals surface area (Å²) < 4.78 is 38.1. The molecule has 0 saturated heterocycles. The van der Waals surface area contributed by atoms with Gasteiger partial charge in [0.1, 0.15) is 16.8 Å². The lowest BCUT2D eigenvalue weighted by Gasteiger charge is -2.09. The molecule has 0 N–H and O–H groups in total. The van der Waals surface area contributed by atoms with Gasteiger partial charge in [0.2, 0.25) is 0 Å². The van der Waals surface area contributed by atoms with E-state index in [-0.39, 0.29) is 29.7 Å². The molecule has 0 radical (unpaired) electrons. The Kier molecular flexibility index (Phi) is 5.05. The summed E-state index contributed by atoms with van der Waals surface area (Å²) in [6, 6.07) is 1.66. The lowest BCUT2D eigenvalue weighted by atomic mass is 10.2. The number of aromatic nitrogens is 4. The van der Waals surface area contributed by atoms with Crippen LogP contribution < -0.4 is 0 Å². The highest BCUT2D eigenvalue weighted by molar-refractivity contribution is 6.40. The fourth-order valence-corrected chi connectivity index (χ4v) is 2.20. The zero-order valence-corrected chi connectivity index (χ0v) is 12.3. The minimum atomic E-state index is -4.19. The summed E-state index contributed by atoms with van der Waals surface area (Å²) in [6.45, 7) is 0.209. The first-order chi connectivity index (χ1) is 9.87. The van der Waals surface area contributed by atoms with Gasteiger partial charge in [0, 0.05) is 25.2 Å². The van der Waals surface area contributed by atoms with E-state index in [1.807, 2.05) is 0 Å². The smallest absolute Gasteiger partial charge is 0.310 e. The van der Waals surface area contributed by atoms with E-state index in [0.29, 0.717) is 11.6 Å². The van der Waals surface area contributed by atoms with E-state index in [2.05, 4.69) is 15.0 Å². The van der Waals surface area contributed by atoms with Crippen LogP contribution in [0.3, 0.4) is 0 Å². The van der Waals surface area contributed by atoms with Crippen molar-refractivity contribution in [3.8, 4) is 0 Å². The summed E-state index contributed by atoms with van der Waals surface area (Å²) in [5, 5.41) is 0.237. The first-order valence-corrected chi connectivity index (χ1v) is 6.85. The highest BCUT2D eigenvalue weighted by atomic mass is 35.5. The Morgan fingerprint density at radius 2 is 1.81 bits per heavy atom. The zero-order chi connectivity index (χ0) is 15.5. The molecule has 2 aromatic rings. The van der Waals surface area contributed by atoms with Crippen molar-refractivity contribution >= 4 is 23.2 Å². The van der Waals surface area contributed by atoms with Crippen LogP contribution in [0.5, 0.6) is 0 Å². The number of hydrogen-bond acceptors (Lipinski definition) is 3. The van der Waals surface area contributed by atoms with Crippen LogP contribution in [0.15, 0.2) is 18.5 Å². The molecule has 0 saturated carbocycles. The minimum absolute atomic E-state index is 0.0645. The Labute approximate surface area is 128 Å². The zero-order valence-electron chi connectivity index (χ0n) is 10.7. The van der Waals surface area contributed by atoms with Gasteiger partial charge in [-0.15, -0.1) is 0 Å². The number of nitrogens with zero attached hydrogens (tertiary/aromatic N) is 4. The van der Waals surface area contributed by atoms with E-state index in [1.165, 1.54) is 4.57 Å². The fourth-order valence-electron chi connectivity index (χ4n) is 1.80. The summed E-state index contributed by atoms with van der Waals surface area (Å²) in [4.78, 5) is 12.1. The van der Waals surface area contributed by atoms with E-state index < -0.39 is 12.6 Å². The number of rotatable bonds is 5. The van der Waals surface area contributed by atoms with Gasteiger partial charge in [0.25, 0.3) is 0 Å². The fraction of sp³-hybridized carbons (Fsp3) is 0.417. The maximum absolute atomic E-state index is 12.2. The molecule has 0 unspecified atom stereocenters. The van der Waals surface area contributed by atoms with Gasteiger partial charge in [0.15, 0.2) is 5.15 Å². The second kappa shape index (κ2) is 6.62. The SMILES string of the molecule is FC(F)(F)CCCc1nc(Cl)c(Cl)n1Cc1ncccn1. The average Bonchev–Trinajstić information content (AvgIpc) is 2.67. The first kappa shape index (κ1) is 16.0. The lowest BCUT2D eigenvalue weighted by Crippen LogP contribution is -2.11. The van der Waals surface area contributed by atoms with Crippen molar-refractivity contribution < 1.29 is 13.2 Å². The van der Waals surface area contributed by atoms with Gasteiger partial charge in [-0.3, -0.25) is 0 Å². The molecule has 9 heteroatoms. The van der Waals surface area contributed by atoms with Crippen LogP contribution in [0.25, 0.3) is 0 Å². The van der Waals surface area contributed by atoms with E-state index in [4.69, 9.17) is 23.2 Å². The molecule has 0 bridgehead atoms. The lowest BCUT2D eigenvalue weighted by molar-refractivity contribution is -0.135.